The summed E-state index contributed by atoms with van der Waals surface area (Å²) in [6, 6.07) is 0.203. The molecule has 0 aromatic carbocycles. The number of rotatable bonds is 5. The lowest BCUT2D eigenvalue weighted by atomic mass is 10.0. The molecule has 5 N–H and O–H groups in total. The first kappa shape index (κ1) is 11.8. The van der Waals surface area contributed by atoms with Gasteiger partial charge in [0.15, 0.2) is 0 Å². The van der Waals surface area contributed by atoms with Gasteiger partial charge in [-0.2, -0.15) is 11.8 Å². The standard InChI is InChI=1S/C9H18N2O2S/c10-6-5-14-7(9(6)11)3-1-2-4-8(12)13/h6-7,9H,1-5,10-11H2,(H,12,13)/t6-,7-,9-/m0/s1/i10+1. The molecule has 1 rings (SSSR count). The van der Waals surface area contributed by atoms with Crippen LogP contribution in [0, 0.1) is 0 Å². The van der Waals surface area contributed by atoms with Crippen LogP contribution in [0.1, 0.15) is 25.7 Å². The number of thioether (sulfide) groups is 1. The third-order valence-corrected chi connectivity index (χ3v) is 4.11. The van der Waals surface area contributed by atoms with E-state index in [0.29, 0.717) is 5.25 Å². The van der Waals surface area contributed by atoms with Gasteiger partial charge in [0.1, 0.15) is 0 Å². The zero-order chi connectivity index (χ0) is 10.6. The molecule has 0 unspecified atom stereocenters. The number of carboxylic acids is 1. The molecule has 0 spiro atoms. The number of carboxylic acid groups (broad SMARTS) is 1. The van der Waals surface area contributed by atoms with Crippen molar-refractivity contribution in [2.24, 2.45) is 11.5 Å². The Morgan fingerprint density at radius 1 is 1.43 bits per heavy atom. The highest BCUT2D eigenvalue weighted by Gasteiger charge is 2.30. The number of hydrogen-bond acceptors (Lipinski definition) is 4. The highest BCUT2D eigenvalue weighted by atomic mass is 32.2. The molecule has 3 atom stereocenters. The number of unbranched alkanes of at least 4 members (excludes halogenated alkanes) is 1. The summed E-state index contributed by atoms with van der Waals surface area (Å²) >= 11 is 1.82. The third-order valence-electron chi connectivity index (χ3n) is 2.56. The van der Waals surface area contributed by atoms with E-state index in [-0.39, 0.29) is 18.5 Å². The minimum absolute atomic E-state index is 0.0878. The average molecular weight is 219 g/mol. The lowest BCUT2D eigenvalue weighted by Crippen LogP contribution is -2.43. The van der Waals surface area contributed by atoms with Crippen molar-refractivity contribution in [1.29, 1.82) is 0 Å². The maximum absolute atomic E-state index is 10.3. The van der Waals surface area contributed by atoms with Crippen molar-refractivity contribution in [1.82, 2.24) is 0 Å². The van der Waals surface area contributed by atoms with Crippen molar-refractivity contribution in [3.63, 3.8) is 0 Å². The van der Waals surface area contributed by atoms with Crippen molar-refractivity contribution < 1.29 is 9.90 Å². The van der Waals surface area contributed by atoms with Crippen LogP contribution in [0.3, 0.4) is 0 Å². The van der Waals surface area contributed by atoms with E-state index in [1.54, 1.807) is 0 Å². The minimum Gasteiger partial charge on any atom is -0.481 e. The summed E-state index contributed by atoms with van der Waals surface area (Å²) < 4.78 is 0. The van der Waals surface area contributed by atoms with Crippen molar-refractivity contribution in [2.45, 2.75) is 43.0 Å². The van der Waals surface area contributed by atoms with Gasteiger partial charge in [0.25, 0.3) is 0 Å². The average Bonchev–Trinajstić information content (AvgIpc) is 2.43. The van der Waals surface area contributed by atoms with E-state index in [1.807, 2.05) is 11.8 Å². The predicted molar refractivity (Wildman–Crippen MR) is 58.3 cm³/mol. The molecular weight excluding hydrogens is 201 g/mol. The molecule has 1 aliphatic rings. The van der Waals surface area contributed by atoms with Gasteiger partial charge in [0.05, 0.1) is 0 Å². The van der Waals surface area contributed by atoms with Crippen LogP contribution in [-0.4, -0.2) is 34.2 Å². The van der Waals surface area contributed by atoms with Crippen LogP contribution in [0.2, 0.25) is 0 Å². The molecular formula is C9H18N2O2S. The molecule has 1 heterocycles. The van der Waals surface area contributed by atoms with Crippen LogP contribution < -0.4 is 11.5 Å². The smallest absolute Gasteiger partial charge is 0.303 e. The van der Waals surface area contributed by atoms with E-state index in [4.69, 9.17) is 16.6 Å². The lowest BCUT2D eigenvalue weighted by Gasteiger charge is -2.16. The van der Waals surface area contributed by atoms with Crippen molar-refractivity contribution >= 4 is 17.7 Å². The fourth-order valence-corrected chi connectivity index (χ4v) is 3.08. The summed E-state index contributed by atoms with van der Waals surface area (Å²) in [5.41, 5.74) is 11.7. The topological polar surface area (TPSA) is 89.3 Å². The first-order chi connectivity index (χ1) is 6.61. The summed E-state index contributed by atoms with van der Waals surface area (Å²) in [5.74, 6) is 0.218. The predicted octanol–water partition coefficient (Wildman–Crippen LogP) is 0.401. The van der Waals surface area contributed by atoms with E-state index in [0.717, 1.165) is 25.0 Å². The number of nitrogens with two attached hydrogens (primary N) is 2. The molecule has 1 aliphatic heterocycles. The summed E-state index contributed by atoms with van der Waals surface area (Å²) in [4.78, 5) is 10.3. The number of carbonyl (C=O) groups is 1. The maximum atomic E-state index is 10.3. The number of aliphatic carboxylic acids is 1. The Labute approximate surface area is 88.4 Å². The molecule has 4 nitrogen and oxygen atoms in total. The van der Waals surface area contributed by atoms with E-state index >= 15 is 0 Å². The van der Waals surface area contributed by atoms with Gasteiger partial charge in [0.2, 0.25) is 0 Å². The van der Waals surface area contributed by atoms with Crippen LogP contribution in [0.5, 0.6) is 0 Å². The monoisotopic (exact) mass is 219 g/mol. The Bertz CT molecular complexity index is 201. The van der Waals surface area contributed by atoms with Crippen LogP contribution in [-0.2, 0) is 4.79 Å². The third kappa shape index (κ3) is 3.48. The Kier molecular flexibility index (Phi) is 4.71. The molecule has 0 aromatic rings. The van der Waals surface area contributed by atoms with Crippen molar-refractivity contribution in [3.05, 3.63) is 0 Å². The van der Waals surface area contributed by atoms with Gasteiger partial charge < -0.3 is 16.6 Å². The van der Waals surface area contributed by atoms with Gasteiger partial charge >= 0.3 is 5.97 Å². The summed E-state index contributed by atoms with van der Waals surface area (Å²) in [5, 5.41) is 8.88. The zero-order valence-corrected chi connectivity index (χ0v) is 9.00. The van der Waals surface area contributed by atoms with E-state index in [9.17, 15) is 4.79 Å². The van der Waals surface area contributed by atoms with Crippen LogP contribution in [0.25, 0.3) is 0 Å². The molecule has 0 amide bonds. The van der Waals surface area contributed by atoms with Gasteiger partial charge in [0, 0.05) is 29.5 Å². The van der Waals surface area contributed by atoms with Gasteiger partial charge in [-0.1, -0.05) is 6.42 Å². The second-order valence-electron chi connectivity index (χ2n) is 3.75. The molecule has 0 aromatic heterocycles. The molecule has 5 heteroatoms. The minimum atomic E-state index is -0.718. The SMILES string of the molecule is N[C@@H]1[C@H](CCCCC(=O)O)SC[C@@H]1[15NH2]. The number of hydrogen-bond donors (Lipinski definition) is 3. The Morgan fingerprint density at radius 2 is 2.14 bits per heavy atom. The van der Waals surface area contributed by atoms with E-state index < -0.39 is 5.97 Å². The Morgan fingerprint density at radius 3 is 2.64 bits per heavy atom. The van der Waals surface area contributed by atoms with Crippen LogP contribution >= 0.6 is 11.8 Å². The van der Waals surface area contributed by atoms with E-state index in [1.165, 1.54) is 0 Å². The summed E-state index contributed by atoms with van der Waals surface area (Å²) in [6.07, 6.45) is 2.93. The first-order valence-electron chi connectivity index (χ1n) is 4.96. The Balaban J connectivity index is 2.10. The van der Waals surface area contributed by atoms with Gasteiger partial charge in [-0.25, -0.2) is 0 Å². The second kappa shape index (κ2) is 5.58. The van der Waals surface area contributed by atoms with Crippen molar-refractivity contribution in [2.75, 3.05) is 5.75 Å². The normalized spacial score (nSPS) is 32.0. The molecule has 0 saturated carbocycles. The molecule has 0 radical (unpaired) electrons. The fourth-order valence-electron chi connectivity index (χ4n) is 1.63. The molecule has 1 fully saturated rings. The van der Waals surface area contributed by atoms with Crippen molar-refractivity contribution in [3.8, 4) is 0 Å². The maximum Gasteiger partial charge on any atom is 0.303 e. The molecule has 82 valence electrons. The molecule has 0 aliphatic carbocycles. The van der Waals surface area contributed by atoms with Gasteiger partial charge in [-0.15, -0.1) is 0 Å². The molecule has 14 heavy (non-hydrogen) atoms. The quantitative estimate of drug-likeness (QED) is 0.460. The second-order valence-corrected chi connectivity index (χ2v) is 5.02. The van der Waals surface area contributed by atoms with Gasteiger partial charge in [-0.05, 0) is 12.8 Å². The molecule has 0 bridgehead atoms. The van der Waals surface area contributed by atoms with E-state index in [2.05, 4.69) is 0 Å². The summed E-state index contributed by atoms with van der Waals surface area (Å²) in [6.45, 7) is 0. The first-order valence-corrected chi connectivity index (χ1v) is 6.00. The molecule has 1 saturated heterocycles. The highest BCUT2D eigenvalue weighted by molar-refractivity contribution is 8.00. The summed E-state index contributed by atoms with van der Waals surface area (Å²) in [7, 11) is 0. The lowest BCUT2D eigenvalue weighted by molar-refractivity contribution is -0.137. The van der Waals surface area contributed by atoms with Gasteiger partial charge in [-0.3, -0.25) is 4.79 Å². The Hall–Kier alpha value is -0.260. The van der Waals surface area contributed by atoms with Crippen LogP contribution in [0.15, 0.2) is 0 Å². The fraction of sp³-hybridized carbons (Fsp3) is 0.889. The zero-order valence-electron chi connectivity index (χ0n) is 8.19. The van der Waals surface area contributed by atoms with Crippen LogP contribution in [0.4, 0.5) is 0 Å². The largest absolute Gasteiger partial charge is 0.481 e. The highest BCUT2D eigenvalue weighted by Crippen LogP contribution is 2.28.